The van der Waals surface area contributed by atoms with Gasteiger partial charge in [0.2, 0.25) is 5.40 Å². The normalized spacial score (nSPS) is 13.1. The van der Waals surface area contributed by atoms with E-state index >= 15 is 0 Å². The maximum absolute atomic E-state index is 11.0. The van der Waals surface area contributed by atoms with Crippen LogP contribution >= 0.6 is 15.2 Å². The Balaban J connectivity index is 2.99. The molecule has 0 saturated heterocycles. The predicted molar refractivity (Wildman–Crippen MR) is 52.3 cm³/mol. The Morgan fingerprint density at radius 1 is 1.06 bits per heavy atom. The molecule has 8 nitrogen and oxygen atoms in total. The van der Waals surface area contributed by atoms with Crippen LogP contribution in [-0.2, 0) is 15.7 Å². The minimum absolute atomic E-state index is 0.475. The molecule has 4 N–H and O–H groups in total. The van der Waals surface area contributed by atoms with Crippen molar-refractivity contribution >= 4 is 15.2 Å². The van der Waals surface area contributed by atoms with Crippen molar-refractivity contribution in [2.45, 2.75) is 11.9 Å². The van der Waals surface area contributed by atoms with Crippen LogP contribution in [0.2, 0.25) is 0 Å². The highest BCUT2D eigenvalue weighted by molar-refractivity contribution is 7.70. The third kappa shape index (κ3) is 3.75. The molecule has 0 bridgehead atoms. The second-order valence-electron chi connectivity index (χ2n) is 3.10. The van der Waals surface area contributed by atoms with E-state index in [1.807, 2.05) is 0 Å². The smallest absolute Gasteiger partial charge is 0.324 e. The zero-order valence-corrected chi connectivity index (χ0v) is 9.78. The fraction of sp³-hybridized carbons (Fsp3) is 0.333. The van der Waals surface area contributed by atoms with Gasteiger partial charge in [0.05, 0.1) is 12.4 Å². The van der Waals surface area contributed by atoms with Crippen LogP contribution in [0.1, 0.15) is 0 Å². The zero-order chi connectivity index (χ0) is 12.4. The molecular weight excluding hydrogens is 258 g/mol. The van der Waals surface area contributed by atoms with Crippen LogP contribution in [-0.4, -0.2) is 30.0 Å². The molecule has 1 heterocycles. The van der Waals surface area contributed by atoms with Gasteiger partial charge in [-0.05, 0) is 0 Å². The predicted octanol–water partition coefficient (Wildman–Crippen LogP) is -0.949. The summed E-state index contributed by atoms with van der Waals surface area (Å²) in [6, 6.07) is 0. The summed E-state index contributed by atoms with van der Waals surface area (Å²) in [5, 5.41) is -2.03. The van der Waals surface area contributed by atoms with Gasteiger partial charge in [0.15, 0.2) is 18.9 Å². The average Bonchev–Trinajstić information content (AvgIpc) is 2.12. The van der Waals surface area contributed by atoms with E-state index < -0.39 is 27.1 Å². The average molecular weight is 269 g/mol. The minimum atomic E-state index is -4.87. The maximum atomic E-state index is 11.0. The molecule has 0 saturated carbocycles. The molecule has 0 aromatic carbocycles. The lowest BCUT2D eigenvalue weighted by atomic mass is 10.6. The lowest BCUT2D eigenvalue weighted by molar-refractivity contribution is -0.695. The third-order valence-corrected chi connectivity index (χ3v) is 5.52. The molecule has 1 aromatic heterocycles. The fourth-order valence-corrected chi connectivity index (χ4v) is 3.44. The first-order valence-corrected chi connectivity index (χ1v) is 7.47. The zero-order valence-electron chi connectivity index (χ0n) is 7.99. The summed E-state index contributed by atoms with van der Waals surface area (Å²) in [7, 11) is -9.73. The number of hydrogen-bond acceptors (Lipinski definition) is 3. The summed E-state index contributed by atoms with van der Waals surface area (Å²) in [5.74, 6) is 0. The second-order valence-corrected chi connectivity index (χ2v) is 7.11. The van der Waals surface area contributed by atoms with Crippen LogP contribution < -0.4 is 4.57 Å². The molecule has 0 aliphatic rings. The first-order valence-electron chi connectivity index (χ1n) is 4.11. The van der Waals surface area contributed by atoms with E-state index in [1.165, 1.54) is 29.4 Å². The van der Waals surface area contributed by atoms with Crippen molar-refractivity contribution < 1.29 is 33.3 Å². The monoisotopic (exact) mass is 269 g/mol. The Bertz CT molecular complexity index is 418. The summed E-state index contributed by atoms with van der Waals surface area (Å²) in [6.45, 7) is -0.475. The summed E-state index contributed by atoms with van der Waals surface area (Å²) in [4.78, 5) is 39.1. The first kappa shape index (κ1) is 13.4. The van der Waals surface area contributed by atoms with E-state index in [4.69, 9.17) is 19.6 Å². The highest BCUT2D eigenvalue weighted by atomic mass is 31.2. The van der Waals surface area contributed by atoms with Crippen LogP contribution in [0, 0.1) is 0 Å². The third-order valence-electron chi connectivity index (χ3n) is 1.84. The number of nitrogens with zero attached hydrogens (tertiary/aromatic N) is 2. The summed E-state index contributed by atoms with van der Waals surface area (Å²) >= 11 is 0. The Labute approximate surface area is 90.9 Å². The molecule has 0 aliphatic carbocycles. The lowest BCUT2D eigenvalue weighted by Gasteiger charge is -2.16. The molecule has 1 rings (SSSR count). The van der Waals surface area contributed by atoms with Gasteiger partial charge < -0.3 is 19.6 Å². The SMILES string of the molecule is O=P(O)(O)C(C[n+]1ccncc1)P(=O)(O)O. The Morgan fingerprint density at radius 3 is 1.88 bits per heavy atom. The molecule has 16 heavy (non-hydrogen) atoms. The van der Waals surface area contributed by atoms with E-state index in [0.717, 1.165) is 0 Å². The van der Waals surface area contributed by atoms with E-state index in [0.29, 0.717) is 0 Å². The standard InChI is InChI=1S/C6H10N2O6P2/c9-15(10,11)6(16(12,13)14)5-8-3-1-7-2-4-8/h1-4,6H,5H2,(H3-,9,10,11,12,13,14)/p+1. The van der Waals surface area contributed by atoms with Crippen LogP contribution in [0.25, 0.3) is 0 Å². The molecule has 1 aromatic rings. The summed E-state index contributed by atoms with van der Waals surface area (Å²) < 4.78 is 23.2. The second kappa shape index (κ2) is 4.71. The van der Waals surface area contributed by atoms with Crippen molar-refractivity contribution in [2.24, 2.45) is 0 Å². The van der Waals surface area contributed by atoms with Gasteiger partial charge in [-0.1, -0.05) is 0 Å². The largest absolute Gasteiger partial charge is 0.347 e. The molecule has 0 atom stereocenters. The molecule has 0 radical (unpaired) electrons. The van der Waals surface area contributed by atoms with Crippen molar-refractivity contribution in [3.63, 3.8) is 0 Å². The van der Waals surface area contributed by atoms with Gasteiger partial charge in [-0.2, -0.15) is 0 Å². The van der Waals surface area contributed by atoms with Gasteiger partial charge in [-0.25, -0.2) is 4.57 Å². The molecule has 0 unspecified atom stereocenters. The van der Waals surface area contributed by atoms with Crippen molar-refractivity contribution in [1.82, 2.24) is 4.98 Å². The van der Waals surface area contributed by atoms with Crippen molar-refractivity contribution in [2.75, 3.05) is 0 Å². The summed E-state index contributed by atoms with van der Waals surface area (Å²) in [6.07, 6.45) is 5.41. The van der Waals surface area contributed by atoms with E-state index in [2.05, 4.69) is 4.98 Å². The van der Waals surface area contributed by atoms with Gasteiger partial charge in [0, 0.05) is 0 Å². The van der Waals surface area contributed by atoms with Gasteiger partial charge in [0.25, 0.3) is 0 Å². The van der Waals surface area contributed by atoms with Crippen molar-refractivity contribution in [3.8, 4) is 0 Å². The van der Waals surface area contributed by atoms with Crippen LogP contribution in [0.15, 0.2) is 24.8 Å². The maximum Gasteiger partial charge on any atom is 0.347 e. The first-order chi connectivity index (χ1) is 7.21. The number of hydrogen-bond donors (Lipinski definition) is 4. The molecule has 0 spiro atoms. The van der Waals surface area contributed by atoms with Gasteiger partial charge >= 0.3 is 15.2 Å². The van der Waals surface area contributed by atoms with Crippen LogP contribution in [0.5, 0.6) is 0 Å². The van der Waals surface area contributed by atoms with Crippen LogP contribution in [0.4, 0.5) is 0 Å². The Hall–Kier alpha value is -0.620. The highest BCUT2D eigenvalue weighted by Gasteiger charge is 2.46. The fourth-order valence-electron chi connectivity index (χ4n) is 1.07. The Kier molecular flexibility index (Phi) is 3.96. The molecule has 10 heteroatoms. The van der Waals surface area contributed by atoms with E-state index in [-0.39, 0.29) is 0 Å². The van der Waals surface area contributed by atoms with Gasteiger partial charge in [0.1, 0.15) is 0 Å². The van der Waals surface area contributed by atoms with E-state index in [1.54, 1.807) is 0 Å². The molecule has 0 fully saturated rings. The highest BCUT2D eigenvalue weighted by Crippen LogP contribution is 2.59. The van der Waals surface area contributed by atoms with Crippen molar-refractivity contribution in [3.05, 3.63) is 24.8 Å². The number of rotatable bonds is 4. The minimum Gasteiger partial charge on any atom is -0.324 e. The van der Waals surface area contributed by atoms with Gasteiger partial charge in [-0.15, -0.1) is 0 Å². The Morgan fingerprint density at radius 2 is 1.50 bits per heavy atom. The van der Waals surface area contributed by atoms with E-state index in [9.17, 15) is 9.13 Å². The summed E-state index contributed by atoms with van der Waals surface area (Å²) in [5.41, 5.74) is 0. The molecule has 90 valence electrons. The van der Waals surface area contributed by atoms with Crippen LogP contribution in [0.3, 0.4) is 0 Å². The topological polar surface area (TPSA) is 132 Å². The van der Waals surface area contributed by atoms with Gasteiger partial charge in [-0.3, -0.25) is 14.1 Å². The number of aromatic nitrogens is 2. The quantitative estimate of drug-likeness (QED) is 0.409. The molecule has 0 aliphatic heterocycles. The molecular formula is C6H11N2O6P2+. The van der Waals surface area contributed by atoms with Crippen molar-refractivity contribution in [1.29, 1.82) is 0 Å². The molecule has 0 amide bonds. The lowest BCUT2D eigenvalue weighted by Crippen LogP contribution is -2.39.